The first-order valence-electron chi connectivity index (χ1n) is 9.03. The Labute approximate surface area is 176 Å². The van der Waals surface area contributed by atoms with Gasteiger partial charge >= 0.3 is 5.97 Å². The van der Waals surface area contributed by atoms with Crippen LogP contribution in [-0.2, 0) is 16.1 Å². The fourth-order valence-electron chi connectivity index (χ4n) is 2.32. The molecule has 0 amide bonds. The van der Waals surface area contributed by atoms with Crippen molar-refractivity contribution in [3.05, 3.63) is 53.2 Å². The molecule has 0 bridgehead atoms. The Balaban J connectivity index is 2.10. The number of benzene rings is 1. The van der Waals surface area contributed by atoms with Crippen LogP contribution in [-0.4, -0.2) is 42.4 Å². The zero-order valence-corrected chi connectivity index (χ0v) is 16.8. The first kappa shape index (κ1) is 23.4. The van der Waals surface area contributed by atoms with E-state index in [1.807, 2.05) is 0 Å². The first-order valence-corrected chi connectivity index (χ1v) is 9.03. The van der Waals surface area contributed by atoms with Crippen LogP contribution < -0.4 is 20.7 Å². The molecule has 0 saturated carbocycles. The van der Waals surface area contributed by atoms with Crippen molar-refractivity contribution in [1.29, 1.82) is 5.41 Å². The summed E-state index contributed by atoms with van der Waals surface area (Å²) in [5.41, 5.74) is -0.193. The second kappa shape index (κ2) is 11.4. The Morgan fingerprint density at radius 1 is 1.26 bits per heavy atom. The highest BCUT2D eigenvalue weighted by molar-refractivity contribution is 5.80. The molecular weight excluding hydrogens is 417 g/mol. The molecule has 31 heavy (non-hydrogen) atoms. The number of nitrogens with one attached hydrogen (secondary N) is 4. The number of rotatable bonds is 11. The topological polar surface area (TPSA) is 121 Å². The van der Waals surface area contributed by atoms with Gasteiger partial charge < -0.3 is 30.8 Å². The minimum Gasteiger partial charge on any atom is -0.494 e. The van der Waals surface area contributed by atoms with Gasteiger partial charge in [0.2, 0.25) is 5.95 Å². The minimum absolute atomic E-state index is 0.0943. The zero-order chi connectivity index (χ0) is 22.8. The van der Waals surface area contributed by atoms with E-state index in [-0.39, 0.29) is 41.9 Å². The van der Waals surface area contributed by atoms with E-state index >= 15 is 0 Å². The van der Waals surface area contributed by atoms with E-state index in [0.717, 1.165) is 24.5 Å². The average Bonchev–Trinajstić information content (AvgIpc) is 2.75. The number of ether oxygens (including phenoxy) is 2. The summed E-state index contributed by atoms with van der Waals surface area (Å²) >= 11 is 0. The molecule has 0 unspecified atom stereocenters. The van der Waals surface area contributed by atoms with Crippen LogP contribution in [0.15, 0.2) is 30.2 Å². The lowest BCUT2D eigenvalue weighted by Gasteiger charge is -2.12. The number of esters is 1. The number of methoxy groups -OCH3 is 1. The molecule has 2 aromatic rings. The highest BCUT2D eigenvalue weighted by Gasteiger charge is 2.16. The second-order valence-electron chi connectivity index (χ2n) is 5.84. The highest BCUT2D eigenvalue weighted by atomic mass is 19.1. The summed E-state index contributed by atoms with van der Waals surface area (Å²) < 4.78 is 51.8. The van der Waals surface area contributed by atoms with E-state index in [9.17, 15) is 18.0 Å². The lowest BCUT2D eigenvalue weighted by molar-refractivity contribution is -0.141. The summed E-state index contributed by atoms with van der Waals surface area (Å²) in [6.07, 6.45) is 3.08. The van der Waals surface area contributed by atoms with E-state index in [2.05, 4.69) is 25.9 Å². The summed E-state index contributed by atoms with van der Waals surface area (Å²) in [5.74, 6) is -3.64. The molecule has 1 aromatic heterocycles. The molecule has 0 aliphatic carbocycles. The molecule has 1 aromatic carbocycles. The monoisotopic (exact) mass is 438 g/mol. The summed E-state index contributed by atoms with van der Waals surface area (Å²) in [6.45, 7) is 1.38. The summed E-state index contributed by atoms with van der Waals surface area (Å²) in [4.78, 5) is 19.0. The Kier molecular flexibility index (Phi) is 8.61. The van der Waals surface area contributed by atoms with Crippen LogP contribution in [0.4, 0.5) is 24.9 Å². The lowest BCUT2D eigenvalue weighted by Crippen LogP contribution is -2.22. The van der Waals surface area contributed by atoms with E-state index < -0.39 is 30.0 Å². The smallest absolute Gasteiger partial charge is 0.325 e. The zero-order valence-electron chi connectivity index (χ0n) is 16.8. The van der Waals surface area contributed by atoms with Gasteiger partial charge in [-0.3, -0.25) is 4.79 Å². The number of anilines is 2. The van der Waals surface area contributed by atoms with Crippen molar-refractivity contribution in [3.8, 4) is 5.75 Å². The largest absolute Gasteiger partial charge is 0.494 e. The van der Waals surface area contributed by atoms with Crippen molar-refractivity contribution in [2.24, 2.45) is 0 Å². The van der Waals surface area contributed by atoms with Crippen LogP contribution in [0, 0.1) is 22.9 Å². The van der Waals surface area contributed by atoms with Gasteiger partial charge in [-0.15, -0.1) is 0 Å². The van der Waals surface area contributed by atoms with Crippen molar-refractivity contribution in [2.45, 2.75) is 13.5 Å². The third-order valence-electron chi connectivity index (χ3n) is 3.77. The van der Waals surface area contributed by atoms with Gasteiger partial charge in [0.1, 0.15) is 12.4 Å². The first-order chi connectivity index (χ1) is 14.9. The van der Waals surface area contributed by atoms with Crippen molar-refractivity contribution >= 4 is 24.0 Å². The van der Waals surface area contributed by atoms with Crippen LogP contribution in [0.3, 0.4) is 0 Å². The van der Waals surface area contributed by atoms with E-state index in [0.29, 0.717) is 0 Å². The number of halogens is 3. The third-order valence-corrected chi connectivity index (χ3v) is 3.77. The molecule has 9 nitrogen and oxygen atoms in total. The summed E-state index contributed by atoms with van der Waals surface area (Å²) in [7, 11) is 1.24. The molecule has 2 rings (SSSR count). The number of carbonyl (C=O) groups is 1. The average molecular weight is 438 g/mol. The van der Waals surface area contributed by atoms with Gasteiger partial charge in [0.25, 0.3) is 0 Å². The van der Waals surface area contributed by atoms with Crippen LogP contribution in [0.2, 0.25) is 0 Å². The lowest BCUT2D eigenvalue weighted by atomic mass is 10.2. The molecule has 0 spiro atoms. The van der Waals surface area contributed by atoms with Gasteiger partial charge in [-0.1, -0.05) is 0 Å². The van der Waals surface area contributed by atoms with E-state index in [1.54, 1.807) is 6.92 Å². The standard InChI is InChI=1S/C19H21F3N6O3/c1-3-31-16(29)10-24-7-11(6-23)27-19-26-9-14(21)18(28-19)25-8-12-13(20)4-5-15(30-2)17(12)22/h4-7,9,23-24H,3,8,10H2,1-2H3,(H2,25,26,27,28)/b11-7+,23-6?. The summed E-state index contributed by atoms with van der Waals surface area (Å²) in [6, 6.07) is 2.18. The van der Waals surface area contributed by atoms with Crippen molar-refractivity contribution in [3.63, 3.8) is 0 Å². The van der Waals surface area contributed by atoms with Crippen LogP contribution in [0.1, 0.15) is 12.5 Å². The number of carbonyl (C=O) groups excluding carboxylic acids is 1. The Morgan fingerprint density at radius 2 is 2.03 bits per heavy atom. The minimum atomic E-state index is -0.912. The van der Waals surface area contributed by atoms with Crippen molar-refractivity contribution in [1.82, 2.24) is 15.3 Å². The molecule has 1 heterocycles. The predicted molar refractivity (Wildman–Crippen MR) is 107 cm³/mol. The maximum Gasteiger partial charge on any atom is 0.325 e. The number of hydrogen-bond donors (Lipinski definition) is 4. The van der Waals surface area contributed by atoms with Crippen LogP contribution >= 0.6 is 0 Å². The molecule has 12 heteroatoms. The highest BCUT2D eigenvalue weighted by Crippen LogP contribution is 2.24. The van der Waals surface area contributed by atoms with Crippen LogP contribution in [0.5, 0.6) is 5.75 Å². The molecule has 4 N–H and O–H groups in total. The predicted octanol–water partition coefficient (Wildman–Crippen LogP) is 2.57. The second-order valence-corrected chi connectivity index (χ2v) is 5.84. The van der Waals surface area contributed by atoms with Gasteiger partial charge in [-0.05, 0) is 19.1 Å². The SMILES string of the molecule is CCOC(=O)CN/C=C(\C=N)Nc1ncc(F)c(NCc2c(F)ccc(OC)c2F)n1. The Hall–Kier alpha value is -3.83. The molecule has 0 fully saturated rings. The normalized spacial score (nSPS) is 10.9. The van der Waals surface area contributed by atoms with Crippen LogP contribution in [0.25, 0.3) is 0 Å². The molecule has 0 aliphatic heterocycles. The maximum absolute atomic E-state index is 14.2. The number of nitrogens with zero attached hydrogens (tertiary/aromatic N) is 2. The van der Waals surface area contributed by atoms with Gasteiger partial charge in [0.15, 0.2) is 23.2 Å². The molecule has 0 aliphatic rings. The fraction of sp³-hybridized carbons (Fsp3) is 0.263. The van der Waals surface area contributed by atoms with Gasteiger partial charge in [0, 0.05) is 24.5 Å². The quantitative estimate of drug-likeness (QED) is 0.312. The molecule has 0 radical (unpaired) electrons. The van der Waals surface area contributed by atoms with Gasteiger partial charge in [-0.2, -0.15) is 4.98 Å². The van der Waals surface area contributed by atoms with Gasteiger partial charge in [0.05, 0.1) is 25.6 Å². The number of allylic oxidation sites excluding steroid dienone is 1. The molecule has 0 atom stereocenters. The van der Waals surface area contributed by atoms with Gasteiger partial charge in [-0.25, -0.2) is 18.2 Å². The third kappa shape index (κ3) is 6.59. The number of aromatic nitrogens is 2. The van der Waals surface area contributed by atoms with E-state index in [4.69, 9.17) is 14.9 Å². The number of hydrogen-bond acceptors (Lipinski definition) is 9. The van der Waals surface area contributed by atoms with Crippen molar-refractivity contribution < 1.29 is 27.4 Å². The van der Waals surface area contributed by atoms with Crippen molar-refractivity contribution in [2.75, 3.05) is 30.9 Å². The molecule has 166 valence electrons. The summed E-state index contributed by atoms with van der Waals surface area (Å²) in [5, 5.41) is 15.2. The Morgan fingerprint density at radius 3 is 2.71 bits per heavy atom. The maximum atomic E-state index is 14.2. The van der Waals surface area contributed by atoms with E-state index in [1.165, 1.54) is 13.3 Å². The molecule has 0 saturated heterocycles. The Bertz CT molecular complexity index is 971. The molecular formula is C19H21F3N6O3. The fourth-order valence-corrected chi connectivity index (χ4v) is 2.32.